The second-order valence-corrected chi connectivity index (χ2v) is 9.94. The standard InChI is InChI=1S/C26H25N3O3S/c1-16-5-7-17(8-6-16)20-14-33-23-22(20)24(31)29(15-27-23)13-21(30)18-9-11-19(12-10-18)28-25(32)26(2,3)4/h5-12,14-15H,13H2,1-4H3,(H,28,32). The van der Waals surface area contributed by atoms with Crippen LogP contribution in [-0.4, -0.2) is 21.2 Å². The van der Waals surface area contributed by atoms with Crippen LogP contribution in [0.25, 0.3) is 21.3 Å². The number of anilines is 1. The number of rotatable bonds is 5. The molecule has 0 radical (unpaired) electrons. The first-order chi connectivity index (χ1) is 15.6. The van der Waals surface area contributed by atoms with Gasteiger partial charge in [0.15, 0.2) is 5.78 Å². The molecule has 1 N–H and O–H groups in total. The van der Waals surface area contributed by atoms with Crippen molar-refractivity contribution in [2.45, 2.75) is 34.2 Å². The Morgan fingerprint density at radius 1 is 1.03 bits per heavy atom. The number of aryl methyl sites for hydroxylation is 1. The Morgan fingerprint density at radius 2 is 1.70 bits per heavy atom. The molecule has 0 aliphatic rings. The molecule has 0 unspecified atom stereocenters. The topological polar surface area (TPSA) is 81.1 Å². The van der Waals surface area contributed by atoms with E-state index in [1.165, 1.54) is 22.2 Å². The highest BCUT2D eigenvalue weighted by Crippen LogP contribution is 2.30. The molecule has 2 aromatic carbocycles. The molecule has 0 saturated carbocycles. The number of aromatic nitrogens is 2. The van der Waals surface area contributed by atoms with E-state index < -0.39 is 5.41 Å². The number of nitrogens with zero attached hydrogens (tertiary/aromatic N) is 2. The quantitative estimate of drug-likeness (QED) is 0.411. The summed E-state index contributed by atoms with van der Waals surface area (Å²) in [6.45, 7) is 7.40. The minimum Gasteiger partial charge on any atom is -0.326 e. The summed E-state index contributed by atoms with van der Waals surface area (Å²) in [5, 5.41) is 5.29. The van der Waals surface area contributed by atoms with Crippen LogP contribution in [0.5, 0.6) is 0 Å². The maximum Gasteiger partial charge on any atom is 0.263 e. The molecule has 0 bridgehead atoms. The molecule has 2 aromatic heterocycles. The van der Waals surface area contributed by atoms with Crippen LogP contribution < -0.4 is 10.9 Å². The van der Waals surface area contributed by atoms with Crippen molar-refractivity contribution in [1.29, 1.82) is 0 Å². The molecule has 0 saturated heterocycles. The van der Waals surface area contributed by atoms with E-state index in [1.807, 2.05) is 57.3 Å². The Labute approximate surface area is 195 Å². The third-order valence-corrected chi connectivity index (χ3v) is 6.27. The molecule has 0 aliphatic heterocycles. The lowest BCUT2D eigenvalue weighted by atomic mass is 9.95. The molecule has 0 aliphatic carbocycles. The first-order valence-electron chi connectivity index (χ1n) is 10.6. The Bertz CT molecular complexity index is 1390. The second kappa shape index (κ2) is 8.75. The molecule has 33 heavy (non-hydrogen) atoms. The number of hydrogen-bond acceptors (Lipinski definition) is 5. The third-order valence-electron chi connectivity index (χ3n) is 5.38. The summed E-state index contributed by atoms with van der Waals surface area (Å²) >= 11 is 1.42. The number of carbonyl (C=O) groups is 2. The highest BCUT2D eigenvalue weighted by atomic mass is 32.1. The van der Waals surface area contributed by atoms with E-state index in [9.17, 15) is 14.4 Å². The molecular weight excluding hydrogens is 434 g/mol. The summed E-state index contributed by atoms with van der Waals surface area (Å²) < 4.78 is 1.35. The van der Waals surface area contributed by atoms with Crippen LogP contribution in [0.15, 0.2) is 65.0 Å². The Morgan fingerprint density at radius 3 is 2.33 bits per heavy atom. The molecule has 2 heterocycles. The molecule has 0 fully saturated rings. The predicted molar refractivity (Wildman–Crippen MR) is 133 cm³/mol. The average molecular weight is 460 g/mol. The smallest absolute Gasteiger partial charge is 0.263 e. The zero-order valence-electron chi connectivity index (χ0n) is 19.0. The van der Waals surface area contributed by atoms with Crippen molar-refractivity contribution >= 4 is 38.9 Å². The molecule has 7 heteroatoms. The Balaban J connectivity index is 1.58. The number of ketones is 1. The second-order valence-electron chi connectivity index (χ2n) is 9.08. The zero-order chi connectivity index (χ0) is 23.8. The minimum absolute atomic E-state index is 0.104. The van der Waals surface area contributed by atoms with Gasteiger partial charge < -0.3 is 5.32 Å². The van der Waals surface area contributed by atoms with Crippen LogP contribution in [0.1, 0.15) is 36.7 Å². The van der Waals surface area contributed by atoms with Crippen LogP contribution in [-0.2, 0) is 11.3 Å². The van der Waals surface area contributed by atoms with Gasteiger partial charge in [0.2, 0.25) is 5.91 Å². The molecule has 1 amide bonds. The first-order valence-corrected chi connectivity index (χ1v) is 11.5. The number of carbonyl (C=O) groups excluding carboxylic acids is 2. The number of nitrogens with one attached hydrogen (secondary N) is 1. The van der Waals surface area contributed by atoms with Crippen LogP contribution in [0.4, 0.5) is 5.69 Å². The highest BCUT2D eigenvalue weighted by Gasteiger charge is 2.21. The van der Waals surface area contributed by atoms with Crippen molar-refractivity contribution in [1.82, 2.24) is 9.55 Å². The van der Waals surface area contributed by atoms with E-state index in [0.717, 1.165) is 16.7 Å². The molecule has 168 valence electrons. The summed E-state index contributed by atoms with van der Waals surface area (Å²) in [4.78, 5) is 43.3. The number of hydrogen-bond donors (Lipinski definition) is 1. The van der Waals surface area contributed by atoms with E-state index in [1.54, 1.807) is 24.3 Å². The van der Waals surface area contributed by atoms with Crippen molar-refractivity contribution in [3.63, 3.8) is 0 Å². The van der Waals surface area contributed by atoms with Crippen LogP contribution in [0.3, 0.4) is 0 Å². The molecular formula is C26H25N3O3S. The fourth-order valence-corrected chi connectivity index (χ4v) is 4.24. The summed E-state index contributed by atoms with van der Waals surface area (Å²) in [5.74, 6) is -0.313. The van der Waals surface area contributed by atoms with Crippen molar-refractivity contribution in [2.24, 2.45) is 5.41 Å². The molecule has 0 spiro atoms. The molecule has 4 rings (SSSR count). The van der Waals surface area contributed by atoms with Gasteiger partial charge in [0, 0.05) is 27.6 Å². The monoisotopic (exact) mass is 459 g/mol. The van der Waals surface area contributed by atoms with Crippen molar-refractivity contribution < 1.29 is 9.59 Å². The fraction of sp³-hybridized carbons (Fsp3) is 0.231. The number of benzene rings is 2. The SMILES string of the molecule is Cc1ccc(-c2csc3ncn(CC(=O)c4ccc(NC(=O)C(C)(C)C)cc4)c(=O)c23)cc1. The van der Waals surface area contributed by atoms with Crippen molar-refractivity contribution in [3.8, 4) is 11.1 Å². The highest BCUT2D eigenvalue weighted by molar-refractivity contribution is 7.17. The fourth-order valence-electron chi connectivity index (χ4n) is 3.33. The van der Waals surface area contributed by atoms with Crippen LogP contribution in [0.2, 0.25) is 0 Å². The van der Waals surface area contributed by atoms with Gasteiger partial charge in [0.25, 0.3) is 5.56 Å². The number of Topliss-reactive ketones (excluding diaryl/α,β-unsaturated/α-hetero) is 1. The third kappa shape index (κ3) is 4.78. The lowest BCUT2D eigenvalue weighted by molar-refractivity contribution is -0.123. The van der Waals surface area contributed by atoms with Gasteiger partial charge in [-0.15, -0.1) is 11.3 Å². The van der Waals surface area contributed by atoms with E-state index >= 15 is 0 Å². The van der Waals surface area contributed by atoms with E-state index in [2.05, 4.69) is 10.3 Å². The Hall–Kier alpha value is -3.58. The lowest BCUT2D eigenvalue weighted by Gasteiger charge is -2.17. The summed E-state index contributed by atoms with van der Waals surface area (Å²) in [7, 11) is 0. The van der Waals surface area contributed by atoms with Gasteiger partial charge in [0.05, 0.1) is 18.3 Å². The van der Waals surface area contributed by atoms with Gasteiger partial charge in [-0.05, 0) is 36.8 Å². The van der Waals surface area contributed by atoms with Gasteiger partial charge in [-0.3, -0.25) is 19.0 Å². The number of fused-ring (bicyclic) bond motifs is 1. The van der Waals surface area contributed by atoms with Gasteiger partial charge in [0.1, 0.15) is 4.83 Å². The van der Waals surface area contributed by atoms with E-state index in [-0.39, 0.29) is 23.8 Å². The van der Waals surface area contributed by atoms with Crippen LogP contribution >= 0.6 is 11.3 Å². The number of amides is 1. The van der Waals surface area contributed by atoms with E-state index in [0.29, 0.717) is 21.5 Å². The maximum absolute atomic E-state index is 13.2. The zero-order valence-corrected chi connectivity index (χ0v) is 19.8. The molecule has 0 atom stereocenters. The van der Waals surface area contributed by atoms with E-state index in [4.69, 9.17) is 0 Å². The van der Waals surface area contributed by atoms with Gasteiger partial charge in [-0.25, -0.2) is 4.98 Å². The average Bonchev–Trinajstić information content (AvgIpc) is 3.21. The molecule has 4 aromatic rings. The minimum atomic E-state index is -0.514. The summed E-state index contributed by atoms with van der Waals surface area (Å²) in [6.07, 6.45) is 1.43. The largest absolute Gasteiger partial charge is 0.326 e. The van der Waals surface area contributed by atoms with Gasteiger partial charge in [-0.1, -0.05) is 50.6 Å². The number of thiophene rings is 1. The lowest BCUT2D eigenvalue weighted by Crippen LogP contribution is -2.27. The summed E-state index contributed by atoms with van der Waals surface area (Å²) in [5.41, 5.74) is 3.24. The van der Waals surface area contributed by atoms with Gasteiger partial charge >= 0.3 is 0 Å². The normalized spacial score (nSPS) is 11.5. The molecule has 6 nitrogen and oxygen atoms in total. The van der Waals surface area contributed by atoms with Gasteiger partial charge in [-0.2, -0.15) is 0 Å². The predicted octanol–water partition coefficient (Wildman–Crippen LogP) is 5.30. The van der Waals surface area contributed by atoms with Crippen molar-refractivity contribution in [3.05, 3.63) is 81.7 Å². The first kappa shape index (κ1) is 22.6. The van der Waals surface area contributed by atoms with Crippen LogP contribution in [0, 0.1) is 12.3 Å². The van der Waals surface area contributed by atoms with Crippen molar-refractivity contribution in [2.75, 3.05) is 5.32 Å². The Kier molecular flexibility index (Phi) is 5.99. The maximum atomic E-state index is 13.2. The summed E-state index contributed by atoms with van der Waals surface area (Å²) in [6, 6.07) is 14.7.